The normalized spacial score (nSPS) is 15.7. The fourth-order valence-corrected chi connectivity index (χ4v) is 5.03. The van der Waals surface area contributed by atoms with Crippen molar-refractivity contribution in [3.63, 3.8) is 0 Å². The summed E-state index contributed by atoms with van der Waals surface area (Å²) in [4.78, 5) is 7.18. The minimum absolute atomic E-state index is 0.107. The molecule has 4 aromatic rings. The Morgan fingerprint density at radius 1 is 1.18 bits per heavy atom. The highest BCUT2D eigenvalue weighted by atomic mass is 79.9. The smallest absolute Gasteiger partial charge is 0.165 e. The number of fused-ring (bicyclic) bond motifs is 1. The van der Waals surface area contributed by atoms with E-state index in [0.717, 1.165) is 58.6 Å². The summed E-state index contributed by atoms with van der Waals surface area (Å²) in [6, 6.07) is 9.53. The number of aliphatic hydroxyl groups excluding tert-OH is 1. The Balaban J connectivity index is 1.45. The predicted octanol–water partition coefficient (Wildman–Crippen LogP) is 2.94. The second kappa shape index (κ2) is 9.21. The number of para-hydroxylation sites is 1. The fraction of sp³-hybridized carbons (Fsp3) is 0.292. The van der Waals surface area contributed by atoms with Gasteiger partial charge in [0.15, 0.2) is 5.65 Å². The molecule has 0 amide bonds. The number of rotatable bonds is 6. The molecule has 1 saturated heterocycles. The van der Waals surface area contributed by atoms with E-state index in [1.807, 2.05) is 47.4 Å². The number of hydrogen-bond acceptors (Lipinski definition) is 7. The molecule has 4 heterocycles. The summed E-state index contributed by atoms with van der Waals surface area (Å²) in [7, 11) is 0. The van der Waals surface area contributed by atoms with Gasteiger partial charge < -0.3 is 21.5 Å². The van der Waals surface area contributed by atoms with Crippen molar-refractivity contribution in [1.82, 2.24) is 29.3 Å². The summed E-state index contributed by atoms with van der Waals surface area (Å²) >= 11 is 3.67. The third-order valence-corrected chi connectivity index (χ3v) is 7.29. The molecule has 1 aromatic carbocycles. The van der Waals surface area contributed by atoms with Crippen LogP contribution in [0.15, 0.2) is 65.7 Å². The Labute approximate surface area is 205 Å². The monoisotopic (exact) mass is 522 g/mol. The van der Waals surface area contributed by atoms with E-state index in [-0.39, 0.29) is 12.5 Å². The molecule has 1 fully saturated rings. The summed E-state index contributed by atoms with van der Waals surface area (Å²) in [5, 5.41) is 18.4. The molecule has 0 bridgehead atoms. The van der Waals surface area contributed by atoms with Gasteiger partial charge in [-0.25, -0.2) is 9.67 Å². The van der Waals surface area contributed by atoms with Crippen LogP contribution in [0.3, 0.4) is 0 Å². The molecule has 1 aliphatic rings. The van der Waals surface area contributed by atoms with E-state index >= 15 is 0 Å². The molecule has 0 aliphatic carbocycles. The summed E-state index contributed by atoms with van der Waals surface area (Å²) in [6.45, 7) is 5.55. The molecule has 0 radical (unpaired) electrons. The van der Waals surface area contributed by atoms with Crippen molar-refractivity contribution < 1.29 is 5.11 Å². The van der Waals surface area contributed by atoms with Gasteiger partial charge in [-0.2, -0.15) is 14.7 Å². The van der Waals surface area contributed by atoms with Gasteiger partial charge in [-0.05, 0) is 40.9 Å². The lowest BCUT2D eigenvalue weighted by atomic mass is 9.92. The molecule has 3 aromatic heterocycles. The third kappa shape index (κ3) is 3.97. The molecule has 5 rings (SSSR count). The topological polar surface area (TPSA) is 124 Å². The molecule has 9 nitrogen and oxygen atoms in total. The average Bonchev–Trinajstić information content (AvgIpc) is 3.53. The van der Waals surface area contributed by atoms with E-state index in [9.17, 15) is 5.11 Å². The van der Waals surface area contributed by atoms with Crippen molar-refractivity contribution in [3.05, 3.63) is 71.4 Å². The number of anilines is 1. The Morgan fingerprint density at radius 2 is 1.91 bits per heavy atom. The molecule has 176 valence electrons. The van der Waals surface area contributed by atoms with Crippen LogP contribution in [0.1, 0.15) is 24.5 Å². The first-order valence-electron chi connectivity index (χ1n) is 11.2. The first-order valence-corrected chi connectivity index (χ1v) is 12.0. The van der Waals surface area contributed by atoms with Gasteiger partial charge >= 0.3 is 0 Å². The number of piperidine rings is 1. The van der Waals surface area contributed by atoms with Gasteiger partial charge in [-0.15, -0.1) is 0 Å². The van der Waals surface area contributed by atoms with E-state index in [0.29, 0.717) is 11.5 Å². The lowest BCUT2D eigenvalue weighted by Crippen LogP contribution is -2.40. The number of hydrogen-bond donors (Lipinski definition) is 3. The van der Waals surface area contributed by atoms with Crippen LogP contribution in [0.4, 0.5) is 5.82 Å². The molecule has 5 N–H and O–H groups in total. The van der Waals surface area contributed by atoms with Crippen molar-refractivity contribution in [2.75, 3.05) is 25.4 Å². The van der Waals surface area contributed by atoms with Gasteiger partial charge in [0.25, 0.3) is 0 Å². The first-order chi connectivity index (χ1) is 16.5. The molecular weight excluding hydrogens is 496 g/mol. The zero-order valence-corrected chi connectivity index (χ0v) is 20.3. The number of nitrogens with zero attached hydrogens (tertiary/aromatic N) is 6. The van der Waals surface area contributed by atoms with E-state index in [1.54, 1.807) is 10.7 Å². The third-order valence-electron chi connectivity index (χ3n) is 6.48. The highest BCUT2D eigenvalue weighted by Crippen LogP contribution is 2.37. The number of nitrogens with two attached hydrogens (primary N) is 2. The van der Waals surface area contributed by atoms with Crippen molar-refractivity contribution in [1.29, 1.82) is 0 Å². The minimum atomic E-state index is -0.431. The van der Waals surface area contributed by atoms with E-state index in [4.69, 9.17) is 16.5 Å². The van der Waals surface area contributed by atoms with Gasteiger partial charge in [0.2, 0.25) is 0 Å². The molecule has 1 aliphatic heterocycles. The molecular formula is C24H27BrN8O. The number of benzene rings is 1. The highest BCUT2D eigenvalue weighted by molar-refractivity contribution is 9.10. The second-order valence-electron chi connectivity index (χ2n) is 8.54. The summed E-state index contributed by atoms with van der Waals surface area (Å²) in [5.41, 5.74) is 17.6. The van der Waals surface area contributed by atoms with Crippen molar-refractivity contribution in [2.24, 2.45) is 5.73 Å². The van der Waals surface area contributed by atoms with E-state index in [2.05, 4.69) is 37.6 Å². The number of aromatic nitrogens is 5. The Bertz CT molecular complexity index is 1320. The van der Waals surface area contributed by atoms with Crippen LogP contribution >= 0.6 is 15.9 Å². The SMILES string of the molecule is C=C(C(N)CO)N1CCC(c2nc3c(-c4cnn(-c5ccccc5)c4)cnn3c(N)c2Br)CC1. The largest absolute Gasteiger partial charge is 0.394 e. The van der Waals surface area contributed by atoms with Crippen molar-refractivity contribution in [3.8, 4) is 16.8 Å². The summed E-state index contributed by atoms with van der Waals surface area (Å²) < 4.78 is 4.28. The molecule has 0 spiro atoms. The van der Waals surface area contributed by atoms with Gasteiger partial charge in [-0.1, -0.05) is 24.8 Å². The van der Waals surface area contributed by atoms with Crippen LogP contribution in [-0.2, 0) is 0 Å². The van der Waals surface area contributed by atoms with Crippen molar-refractivity contribution >= 4 is 27.4 Å². The molecule has 1 unspecified atom stereocenters. The number of likely N-dealkylation sites (tertiary alicyclic amines) is 1. The van der Waals surface area contributed by atoms with Crippen LogP contribution < -0.4 is 11.5 Å². The predicted molar refractivity (Wildman–Crippen MR) is 135 cm³/mol. The van der Waals surface area contributed by atoms with Gasteiger partial charge in [0.05, 0.1) is 40.9 Å². The standard InChI is InChI=1S/C24H27BrN8O/c1-15(20(26)14-34)31-9-7-16(8-10-31)22-21(25)23(27)33-24(30-22)19(12-29-33)17-11-28-32(13-17)18-5-3-2-4-6-18/h2-6,11-13,16,20,34H,1,7-10,14,26-27H2. The second-order valence-corrected chi connectivity index (χ2v) is 9.33. The van der Waals surface area contributed by atoms with E-state index < -0.39 is 6.04 Å². The van der Waals surface area contributed by atoms with Gasteiger partial charge in [0.1, 0.15) is 5.82 Å². The van der Waals surface area contributed by atoms with E-state index in [1.165, 1.54) is 0 Å². The quantitative estimate of drug-likeness (QED) is 0.355. The molecule has 1 atom stereocenters. The maximum Gasteiger partial charge on any atom is 0.165 e. The number of aliphatic hydroxyl groups is 1. The molecule has 0 saturated carbocycles. The Morgan fingerprint density at radius 3 is 2.62 bits per heavy atom. The zero-order valence-electron chi connectivity index (χ0n) is 18.7. The van der Waals surface area contributed by atoms with Gasteiger partial charge in [-0.3, -0.25) is 0 Å². The minimum Gasteiger partial charge on any atom is -0.394 e. The Kier molecular flexibility index (Phi) is 6.11. The van der Waals surface area contributed by atoms with Gasteiger partial charge in [0, 0.05) is 42.0 Å². The van der Waals surface area contributed by atoms with Crippen LogP contribution in [0, 0.1) is 0 Å². The highest BCUT2D eigenvalue weighted by Gasteiger charge is 2.28. The van der Waals surface area contributed by atoms with Crippen molar-refractivity contribution in [2.45, 2.75) is 24.8 Å². The number of halogens is 1. The lowest BCUT2D eigenvalue weighted by Gasteiger charge is -2.36. The Hall–Kier alpha value is -3.21. The lowest BCUT2D eigenvalue weighted by molar-refractivity contribution is 0.216. The number of nitrogen functional groups attached to an aromatic ring is 1. The average molecular weight is 523 g/mol. The van der Waals surface area contributed by atoms with Crippen LogP contribution in [0.2, 0.25) is 0 Å². The maximum absolute atomic E-state index is 9.34. The zero-order chi connectivity index (χ0) is 23.8. The van der Waals surface area contributed by atoms with Crippen LogP contribution in [-0.4, -0.2) is 60.1 Å². The summed E-state index contributed by atoms with van der Waals surface area (Å²) in [6.07, 6.45) is 7.34. The van der Waals surface area contributed by atoms with Crippen LogP contribution in [0.25, 0.3) is 22.5 Å². The maximum atomic E-state index is 9.34. The fourth-order valence-electron chi connectivity index (χ4n) is 4.45. The summed E-state index contributed by atoms with van der Waals surface area (Å²) in [5.74, 6) is 0.752. The molecule has 10 heteroatoms. The van der Waals surface area contributed by atoms with Crippen LogP contribution in [0.5, 0.6) is 0 Å². The first kappa shape index (κ1) is 22.6. The molecule has 34 heavy (non-hydrogen) atoms.